The quantitative estimate of drug-likeness (QED) is 0.787. The van der Waals surface area contributed by atoms with Crippen LogP contribution in [0.3, 0.4) is 0 Å². The molecule has 1 aliphatic heterocycles. The first-order chi connectivity index (χ1) is 12.6. The number of nitrogens with zero attached hydrogens (tertiary/aromatic N) is 2. The minimum absolute atomic E-state index is 0.562. The summed E-state index contributed by atoms with van der Waals surface area (Å²) >= 11 is 0. The van der Waals surface area contributed by atoms with Gasteiger partial charge in [0, 0.05) is 37.5 Å². The smallest absolute Gasteiger partial charge is 0.203 e. The highest BCUT2D eigenvalue weighted by Crippen LogP contribution is 2.38. The molecule has 0 amide bonds. The highest BCUT2D eigenvalue weighted by molar-refractivity contribution is 5.60. The van der Waals surface area contributed by atoms with Gasteiger partial charge in [0.05, 0.1) is 21.3 Å². The number of hydrogen-bond acceptors (Lipinski definition) is 7. The largest absolute Gasteiger partial charge is 0.493 e. The molecule has 7 heteroatoms. The van der Waals surface area contributed by atoms with Gasteiger partial charge in [0.1, 0.15) is 11.6 Å². The number of aromatic nitrogens is 1. The second-order valence-electron chi connectivity index (χ2n) is 6.23. The average molecular weight is 358 g/mol. The fraction of sp³-hybridized carbons (Fsp3) is 0.421. The lowest BCUT2D eigenvalue weighted by Crippen LogP contribution is -2.19. The van der Waals surface area contributed by atoms with Crippen molar-refractivity contribution in [2.45, 2.75) is 19.4 Å². The summed E-state index contributed by atoms with van der Waals surface area (Å²) in [6, 6.07) is 7.61. The number of methoxy groups -OCH3 is 3. The second kappa shape index (κ2) is 8.03. The molecule has 0 aliphatic carbocycles. The van der Waals surface area contributed by atoms with Gasteiger partial charge in [-0.15, -0.1) is 0 Å². The lowest BCUT2D eigenvalue weighted by Gasteiger charge is -2.18. The van der Waals surface area contributed by atoms with Gasteiger partial charge in [0.15, 0.2) is 11.5 Å². The van der Waals surface area contributed by atoms with Crippen LogP contribution in [-0.2, 0) is 6.54 Å². The molecule has 1 aliphatic rings. The second-order valence-corrected chi connectivity index (χ2v) is 6.23. The molecule has 0 atom stereocenters. The predicted octanol–water partition coefficient (Wildman–Crippen LogP) is 2.90. The van der Waals surface area contributed by atoms with Gasteiger partial charge in [-0.3, -0.25) is 0 Å². The maximum Gasteiger partial charge on any atom is 0.203 e. The van der Waals surface area contributed by atoms with E-state index in [9.17, 15) is 0 Å². The molecule has 7 nitrogen and oxygen atoms in total. The lowest BCUT2D eigenvalue weighted by molar-refractivity contribution is 0.324. The number of nitrogens with two attached hydrogens (primary N) is 1. The Morgan fingerprint density at radius 2 is 1.65 bits per heavy atom. The molecule has 140 valence electrons. The van der Waals surface area contributed by atoms with E-state index < -0.39 is 0 Å². The Bertz CT molecular complexity index is 735. The van der Waals surface area contributed by atoms with Gasteiger partial charge < -0.3 is 30.2 Å². The highest BCUT2D eigenvalue weighted by Gasteiger charge is 2.16. The zero-order valence-corrected chi connectivity index (χ0v) is 15.5. The normalized spacial score (nSPS) is 13.6. The highest BCUT2D eigenvalue weighted by atomic mass is 16.5. The Morgan fingerprint density at radius 3 is 2.23 bits per heavy atom. The van der Waals surface area contributed by atoms with Crippen molar-refractivity contribution in [3.63, 3.8) is 0 Å². The molecular weight excluding hydrogens is 332 g/mol. The first kappa shape index (κ1) is 18.0. The van der Waals surface area contributed by atoms with Gasteiger partial charge >= 0.3 is 0 Å². The minimum Gasteiger partial charge on any atom is -0.493 e. The zero-order chi connectivity index (χ0) is 18.5. The monoisotopic (exact) mass is 358 g/mol. The van der Waals surface area contributed by atoms with Crippen LogP contribution >= 0.6 is 0 Å². The van der Waals surface area contributed by atoms with E-state index in [4.69, 9.17) is 24.9 Å². The first-order valence-corrected chi connectivity index (χ1v) is 8.70. The van der Waals surface area contributed by atoms with Gasteiger partial charge in [0.25, 0.3) is 0 Å². The standard InChI is InChI=1S/C19H26N4O3/c1-24-15-8-13(9-16(25-2)19(15)26-3)12-21-17-10-14(20)11-18(22-17)23-6-4-5-7-23/h8-11H,4-7,12H2,1-3H3,(H3,20,21,22). The van der Waals surface area contributed by atoms with Gasteiger partial charge in [-0.1, -0.05) is 0 Å². The molecule has 2 aromatic rings. The van der Waals surface area contributed by atoms with Crippen LogP contribution in [0.15, 0.2) is 24.3 Å². The summed E-state index contributed by atoms with van der Waals surface area (Å²) in [6.07, 6.45) is 2.40. The molecule has 1 fully saturated rings. The molecule has 1 aromatic heterocycles. The van der Waals surface area contributed by atoms with Crippen molar-refractivity contribution < 1.29 is 14.2 Å². The number of nitrogens with one attached hydrogen (secondary N) is 1. The van der Waals surface area contributed by atoms with E-state index in [1.165, 1.54) is 12.8 Å². The van der Waals surface area contributed by atoms with Crippen molar-refractivity contribution in [3.05, 3.63) is 29.8 Å². The van der Waals surface area contributed by atoms with E-state index in [0.29, 0.717) is 29.5 Å². The summed E-state index contributed by atoms with van der Waals surface area (Å²) in [6.45, 7) is 2.62. The van der Waals surface area contributed by atoms with E-state index in [1.807, 2.05) is 24.3 Å². The number of benzene rings is 1. The van der Waals surface area contributed by atoms with Crippen LogP contribution in [0.4, 0.5) is 17.3 Å². The number of hydrogen-bond donors (Lipinski definition) is 2. The van der Waals surface area contributed by atoms with Crippen LogP contribution in [0.25, 0.3) is 0 Å². The maximum absolute atomic E-state index is 6.06. The summed E-state index contributed by atoms with van der Waals surface area (Å²) < 4.78 is 16.2. The Labute approximate surface area is 154 Å². The topological polar surface area (TPSA) is 81.9 Å². The molecule has 0 unspecified atom stereocenters. The fourth-order valence-electron chi connectivity index (χ4n) is 3.17. The van der Waals surface area contributed by atoms with E-state index in [0.717, 1.165) is 30.3 Å². The molecule has 0 bridgehead atoms. The number of rotatable bonds is 7. The molecule has 2 heterocycles. The van der Waals surface area contributed by atoms with Crippen molar-refractivity contribution in [3.8, 4) is 17.2 Å². The molecule has 3 N–H and O–H groups in total. The van der Waals surface area contributed by atoms with Crippen LogP contribution < -0.4 is 30.2 Å². The summed E-state index contributed by atoms with van der Waals surface area (Å²) in [7, 11) is 4.81. The number of nitrogen functional groups attached to an aromatic ring is 1. The Morgan fingerprint density at radius 1 is 1.00 bits per heavy atom. The van der Waals surface area contributed by atoms with Crippen molar-refractivity contribution >= 4 is 17.3 Å². The third-order valence-corrected chi connectivity index (χ3v) is 4.46. The predicted molar refractivity (Wildman–Crippen MR) is 104 cm³/mol. The molecule has 1 saturated heterocycles. The third kappa shape index (κ3) is 3.87. The summed E-state index contributed by atoms with van der Waals surface area (Å²) in [5.74, 6) is 3.51. The molecule has 3 rings (SSSR count). The first-order valence-electron chi connectivity index (χ1n) is 8.70. The fourth-order valence-corrected chi connectivity index (χ4v) is 3.17. The van der Waals surface area contributed by atoms with Crippen molar-refractivity contribution in [2.24, 2.45) is 0 Å². The van der Waals surface area contributed by atoms with E-state index >= 15 is 0 Å². The van der Waals surface area contributed by atoms with Crippen LogP contribution in [0.5, 0.6) is 17.2 Å². The number of pyridine rings is 1. The molecule has 1 aromatic carbocycles. The van der Waals surface area contributed by atoms with Gasteiger partial charge in [-0.2, -0.15) is 0 Å². The molecule has 0 saturated carbocycles. The summed E-state index contributed by atoms with van der Waals surface area (Å²) in [5, 5.41) is 3.34. The van der Waals surface area contributed by atoms with E-state index in [1.54, 1.807) is 21.3 Å². The number of ether oxygens (including phenoxy) is 3. The Kier molecular flexibility index (Phi) is 5.55. The zero-order valence-electron chi connectivity index (χ0n) is 15.5. The van der Waals surface area contributed by atoms with Gasteiger partial charge in [-0.25, -0.2) is 4.98 Å². The molecule has 26 heavy (non-hydrogen) atoms. The maximum atomic E-state index is 6.06. The van der Waals surface area contributed by atoms with Crippen LogP contribution in [0.1, 0.15) is 18.4 Å². The Balaban J connectivity index is 1.78. The molecule has 0 radical (unpaired) electrons. The average Bonchev–Trinajstić information content (AvgIpc) is 3.19. The number of anilines is 3. The summed E-state index contributed by atoms with van der Waals surface area (Å²) in [5.41, 5.74) is 7.76. The van der Waals surface area contributed by atoms with Crippen molar-refractivity contribution in [1.82, 2.24) is 4.98 Å². The SMILES string of the molecule is COc1cc(CNc2cc(N)cc(N3CCCC3)n2)cc(OC)c1OC. The van der Waals surface area contributed by atoms with Gasteiger partial charge in [0.2, 0.25) is 5.75 Å². The van der Waals surface area contributed by atoms with E-state index in [2.05, 4.69) is 10.2 Å². The Hall–Kier alpha value is -2.83. The van der Waals surface area contributed by atoms with Crippen LogP contribution in [-0.4, -0.2) is 39.4 Å². The lowest BCUT2D eigenvalue weighted by atomic mass is 10.1. The van der Waals surface area contributed by atoms with Crippen molar-refractivity contribution in [2.75, 3.05) is 50.4 Å². The van der Waals surface area contributed by atoms with E-state index in [-0.39, 0.29) is 0 Å². The van der Waals surface area contributed by atoms with Crippen LogP contribution in [0, 0.1) is 0 Å². The van der Waals surface area contributed by atoms with Crippen LogP contribution in [0.2, 0.25) is 0 Å². The van der Waals surface area contributed by atoms with Gasteiger partial charge in [-0.05, 0) is 30.5 Å². The molecule has 0 spiro atoms. The summed E-state index contributed by atoms with van der Waals surface area (Å²) in [4.78, 5) is 6.96. The molecular formula is C19H26N4O3. The minimum atomic E-state index is 0.562. The van der Waals surface area contributed by atoms with Crippen molar-refractivity contribution in [1.29, 1.82) is 0 Å². The third-order valence-electron chi connectivity index (χ3n) is 4.46.